The molecule has 50 valence electrons. The molecular formula is C9H8O. The van der Waals surface area contributed by atoms with Crippen molar-refractivity contribution < 1.29 is 4.74 Å². The lowest BCUT2D eigenvalue weighted by molar-refractivity contribution is 0.354. The maximum Gasteiger partial charge on any atom is 0.123 e. The van der Waals surface area contributed by atoms with Gasteiger partial charge in [-0.3, -0.25) is 0 Å². The van der Waals surface area contributed by atoms with Gasteiger partial charge in [0.05, 0.1) is 6.26 Å². The van der Waals surface area contributed by atoms with Crippen LogP contribution in [-0.2, 0) is 4.74 Å². The van der Waals surface area contributed by atoms with E-state index < -0.39 is 0 Å². The van der Waals surface area contributed by atoms with Crippen LogP contribution in [0.5, 0.6) is 0 Å². The summed E-state index contributed by atoms with van der Waals surface area (Å²) in [7, 11) is 0. The fourth-order valence-electron chi connectivity index (χ4n) is 1.05. The van der Waals surface area contributed by atoms with Gasteiger partial charge >= 0.3 is 0 Å². The van der Waals surface area contributed by atoms with Gasteiger partial charge in [-0.25, -0.2) is 0 Å². The molecular weight excluding hydrogens is 124 g/mol. The summed E-state index contributed by atoms with van der Waals surface area (Å²) >= 11 is 0. The third kappa shape index (κ3) is 0.903. The molecule has 0 fully saturated rings. The zero-order chi connectivity index (χ0) is 6.81. The normalized spacial score (nSPS) is 27.2. The average Bonchev–Trinajstić information content (AvgIpc) is 2.12. The van der Waals surface area contributed by atoms with Crippen LogP contribution >= 0.6 is 0 Å². The lowest BCUT2D eigenvalue weighted by Crippen LogP contribution is -1.94. The molecule has 10 heavy (non-hydrogen) atoms. The summed E-state index contributed by atoms with van der Waals surface area (Å²) in [4.78, 5) is 0. The highest BCUT2D eigenvalue weighted by Crippen LogP contribution is 2.18. The van der Waals surface area contributed by atoms with Crippen molar-refractivity contribution in [2.45, 2.75) is 0 Å². The number of ether oxygens (including phenoxy) is 1. The summed E-state index contributed by atoms with van der Waals surface area (Å²) < 4.78 is 5.18. The zero-order valence-electron chi connectivity index (χ0n) is 5.53. The molecule has 1 unspecified atom stereocenters. The van der Waals surface area contributed by atoms with Gasteiger partial charge in [0.2, 0.25) is 0 Å². The Bertz CT molecular complexity index is 243. The highest BCUT2D eigenvalue weighted by molar-refractivity contribution is 5.29. The summed E-state index contributed by atoms with van der Waals surface area (Å²) in [6, 6.07) is 0. The standard InChI is InChI=1S/C9H8O/c1-2-4-9-7-8(3-1)5-6-10-9/h1-8H. The van der Waals surface area contributed by atoms with Crippen LogP contribution in [0.4, 0.5) is 0 Å². The average molecular weight is 132 g/mol. The summed E-state index contributed by atoms with van der Waals surface area (Å²) in [5, 5.41) is 0. The molecule has 2 aliphatic rings. The number of fused-ring (bicyclic) bond motifs is 1. The molecule has 1 aliphatic heterocycles. The maximum atomic E-state index is 5.18. The predicted molar refractivity (Wildman–Crippen MR) is 40.1 cm³/mol. The van der Waals surface area contributed by atoms with Gasteiger partial charge in [0, 0.05) is 5.92 Å². The van der Waals surface area contributed by atoms with E-state index >= 15 is 0 Å². The highest BCUT2D eigenvalue weighted by atomic mass is 16.5. The van der Waals surface area contributed by atoms with Crippen molar-refractivity contribution in [3.8, 4) is 0 Å². The van der Waals surface area contributed by atoms with E-state index in [1.54, 1.807) is 6.26 Å². The fourth-order valence-corrected chi connectivity index (χ4v) is 1.05. The minimum absolute atomic E-state index is 0.429. The molecule has 2 bridgehead atoms. The van der Waals surface area contributed by atoms with E-state index in [-0.39, 0.29) is 0 Å². The van der Waals surface area contributed by atoms with Gasteiger partial charge in [-0.2, -0.15) is 0 Å². The topological polar surface area (TPSA) is 9.23 Å². The Morgan fingerprint density at radius 2 is 2.20 bits per heavy atom. The van der Waals surface area contributed by atoms with Gasteiger partial charge in [-0.15, -0.1) is 0 Å². The first-order valence-electron chi connectivity index (χ1n) is 3.35. The van der Waals surface area contributed by atoms with Crippen LogP contribution in [0.15, 0.2) is 48.5 Å². The first-order valence-corrected chi connectivity index (χ1v) is 3.35. The first-order chi connectivity index (χ1) is 4.95. The molecule has 0 radical (unpaired) electrons. The number of allylic oxidation sites excluding steroid dienone is 6. The predicted octanol–water partition coefficient (Wildman–Crippen LogP) is 2.16. The second kappa shape index (κ2) is 2.18. The lowest BCUT2D eigenvalue weighted by atomic mass is 10.1. The van der Waals surface area contributed by atoms with Gasteiger partial charge in [-0.1, -0.05) is 18.2 Å². The molecule has 1 heteroatoms. The number of hydrogen-bond acceptors (Lipinski definition) is 1. The molecule has 1 nitrogen and oxygen atoms in total. The Morgan fingerprint density at radius 1 is 1.20 bits per heavy atom. The quantitative estimate of drug-likeness (QED) is 0.490. The minimum atomic E-state index is 0.429. The number of rotatable bonds is 0. The van der Waals surface area contributed by atoms with E-state index in [4.69, 9.17) is 4.74 Å². The fraction of sp³-hybridized carbons (Fsp3) is 0.111. The second-order valence-corrected chi connectivity index (χ2v) is 2.34. The van der Waals surface area contributed by atoms with Crippen LogP contribution in [0, 0.1) is 5.92 Å². The van der Waals surface area contributed by atoms with E-state index in [1.807, 2.05) is 24.3 Å². The van der Waals surface area contributed by atoms with Crippen molar-refractivity contribution in [3.05, 3.63) is 48.5 Å². The first kappa shape index (κ1) is 5.54. The highest BCUT2D eigenvalue weighted by Gasteiger charge is 2.05. The number of hydrogen-bond donors (Lipinski definition) is 0. The van der Waals surface area contributed by atoms with Gasteiger partial charge in [0.25, 0.3) is 0 Å². The Balaban J connectivity index is 2.35. The smallest absolute Gasteiger partial charge is 0.123 e. The molecule has 0 N–H and O–H groups in total. The SMILES string of the molecule is C1=CC2=CC(C=C1)C=CO2. The molecule has 2 rings (SSSR count). The minimum Gasteiger partial charge on any atom is -0.466 e. The van der Waals surface area contributed by atoms with Crippen molar-refractivity contribution >= 4 is 0 Å². The summed E-state index contributed by atoms with van der Waals surface area (Å²) in [6.45, 7) is 0. The summed E-state index contributed by atoms with van der Waals surface area (Å²) in [5.41, 5.74) is 0. The molecule has 0 amide bonds. The molecule has 0 spiro atoms. The van der Waals surface area contributed by atoms with Crippen molar-refractivity contribution in [3.63, 3.8) is 0 Å². The molecule has 0 saturated heterocycles. The van der Waals surface area contributed by atoms with Crippen LogP contribution in [0.2, 0.25) is 0 Å². The van der Waals surface area contributed by atoms with E-state index in [1.165, 1.54) is 0 Å². The van der Waals surface area contributed by atoms with Crippen LogP contribution < -0.4 is 0 Å². The zero-order valence-corrected chi connectivity index (χ0v) is 5.53. The third-order valence-electron chi connectivity index (χ3n) is 1.57. The monoisotopic (exact) mass is 132 g/mol. The van der Waals surface area contributed by atoms with Gasteiger partial charge in [0.1, 0.15) is 5.76 Å². The Hall–Kier alpha value is -1.24. The van der Waals surface area contributed by atoms with Crippen molar-refractivity contribution in [1.82, 2.24) is 0 Å². The van der Waals surface area contributed by atoms with E-state index in [0.29, 0.717) is 5.92 Å². The van der Waals surface area contributed by atoms with E-state index in [9.17, 15) is 0 Å². The van der Waals surface area contributed by atoms with Gasteiger partial charge in [-0.05, 0) is 18.2 Å². The molecule has 1 atom stereocenters. The Kier molecular flexibility index (Phi) is 1.21. The third-order valence-corrected chi connectivity index (χ3v) is 1.57. The van der Waals surface area contributed by atoms with Crippen molar-refractivity contribution in [2.24, 2.45) is 5.92 Å². The van der Waals surface area contributed by atoms with Crippen LogP contribution in [0.3, 0.4) is 0 Å². The van der Waals surface area contributed by atoms with Gasteiger partial charge < -0.3 is 4.74 Å². The molecule has 0 saturated carbocycles. The second-order valence-electron chi connectivity index (χ2n) is 2.34. The molecule has 1 heterocycles. The van der Waals surface area contributed by atoms with Crippen LogP contribution in [0.25, 0.3) is 0 Å². The van der Waals surface area contributed by atoms with E-state index in [0.717, 1.165) is 5.76 Å². The summed E-state index contributed by atoms with van der Waals surface area (Å²) in [5.74, 6) is 1.37. The largest absolute Gasteiger partial charge is 0.466 e. The summed E-state index contributed by atoms with van der Waals surface area (Å²) in [6.07, 6.45) is 13.9. The van der Waals surface area contributed by atoms with Crippen molar-refractivity contribution in [2.75, 3.05) is 0 Å². The molecule has 1 aliphatic carbocycles. The van der Waals surface area contributed by atoms with Gasteiger partial charge in [0.15, 0.2) is 0 Å². The lowest BCUT2D eigenvalue weighted by Gasteiger charge is -2.08. The molecule has 0 aromatic rings. The van der Waals surface area contributed by atoms with Crippen LogP contribution in [0.1, 0.15) is 0 Å². The molecule has 0 aromatic heterocycles. The maximum absolute atomic E-state index is 5.18. The Morgan fingerprint density at radius 3 is 3.20 bits per heavy atom. The molecule has 0 aromatic carbocycles. The van der Waals surface area contributed by atoms with Crippen molar-refractivity contribution in [1.29, 1.82) is 0 Å². The van der Waals surface area contributed by atoms with E-state index in [2.05, 4.69) is 12.2 Å². The Labute approximate surface area is 60.0 Å². The van der Waals surface area contributed by atoms with Crippen LogP contribution in [-0.4, -0.2) is 0 Å².